The van der Waals surface area contributed by atoms with Crippen LogP contribution in [0.3, 0.4) is 0 Å². The van der Waals surface area contributed by atoms with E-state index in [9.17, 15) is 4.79 Å². The quantitative estimate of drug-likeness (QED) is 0.845. The molecule has 1 atom stereocenters. The number of carbonyl (C=O) groups is 1. The Kier molecular flexibility index (Phi) is 3.47. The minimum atomic E-state index is -0.672. The highest BCUT2D eigenvalue weighted by Gasteiger charge is 2.28. The van der Waals surface area contributed by atoms with Crippen molar-refractivity contribution in [2.75, 3.05) is 13.1 Å². The van der Waals surface area contributed by atoms with Crippen molar-refractivity contribution in [3.05, 3.63) is 17.5 Å². The van der Waals surface area contributed by atoms with Crippen molar-refractivity contribution in [2.45, 2.75) is 26.3 Å². The average molecular weight is 237 g/mol. The molecule has 5 heteroatoms. The number of hydrogen-bond acceptors (Lipinski definition) is 3. The number of aliphatic carboxylic acids is 1. The number of carboxylic acid groups (broad SMARTS) is 1. The van der Waals surface area contributed by atoms with Crippen molar-refractivity contribution >= 4 is 5.97 Å². The summed E-state index contributed by atoms with van der Waals surface area (Å²) < 4.78 is 1.83. The van der Waals surface area contributed by atoms with Gasteiger partial charge in [0, 0.05) is 31.9 Å². The molecule has 0 radical (unpaired) electrons. The molecule has 5 nitrogen and oxygen atoms in total. The second-order valence-electron chi connectivity index (χ2n) is 4.69. The van der Waals surface area contributed by atoms with Crippen LogP contribution in [-0.4, -0.2) is 38.8 Å². The van der Waals surface area contributed by atoms with Crippen LogP contribution in [0.4, 0.5) is 0 Å². The van der Waals surface area contributed by atoms with E-state index in [-0.39, 0.29) is 5.92 Å². The molecule has 0 bridgehead atoms. The second-order valence-corrected chi connectivity index (χ2v) is 4.69. The lowest BCUT2D eigenvalue weighted by molar-refractivity contribution is -0.141. The fraction of sp³-hybridized carbons (Fsp3) is 0.667. The maximum Gasteiger partial charge on any atom is 0.307 e. The van der Waals surface area contributed by atoms with Crippen LogP contribution in [0.15, 0.2) is 6.20 Å². The molecule has 1 unspecified atom stereocenters. The Labute approximate surface area is 101 Å². The predicted molar refractivity (Wildman–Crippen MR) is 63.6 cm³/mol. The molecule has 0 saturated carbocycles. The van der Waals surface area contributed by atoms with Crippen molar-refractivity contribution in [2.24, 2.45) is 13.0 Å². The molecule has 94 valence electrons. The maximum absolute atomic E-state index is 10.9. The van der Waals surface area contributed by atoms with Crippen LogP contribution in [0.2, 0.25) is 0 Å². The van der Waals surface area contributed by atoms with Crippen LogP contribution in [0.25, 0.3) is 0 Å². The number of rotatable bonds is 4. The Bertz CT molecular complexity index is 414. The van der Waals surface area contributed by atoms with E-state index < -0.39 is 5.97 Å². The number of hydrogen-bond donors (Lipinski definition) is 1. The normalized spacial score (nSPS) is 20.9. The van der Waals surface area contributed by atoms with E-state index in [1.54, 1.807) is 0 Å². The lowest BCUT2D eigenvalue weighted by Crippen LogP contribution is -2.23. The van der Waals surface area contributed by atoms with Gasteiger partial charge in [0.15, 0.2) is 0 Å². The summed E-state index contributed by atoms with van der Waals surface area (Å²) in [7, 11) is 1.92. The molecule has 0 aliphatic carbocycles. The lowest BCUT2D eigenvalue weighted by Gasteiger charge is -2.14. The van der Waals surface area contributed by atoms with Gasteiger partial charge in [0.25, 0.3) is 0 Å². The molecule has 0 spiro atoms. The summed E-state index contributed by atoms with van der Waals surface area (Å²) in [5.41, 5.74) is 2.34. The minimum Gasteiger partial charge on any atom is -0.481 e. The van der Waals surface area contributed by atoms with Crippen LogP contribution in [0.1, 0.15) is 24.6 Å². The van der Waals surface area contributed by atoms with Crippen LogP contribution in [0.5, 0.6) is 0 Å². The first-order valence-corrected chi connectivity index (χ1v) is 6.06. The first-order chi connectivity index (χ1) is 8.10. The molecule has 1 aliphatic heterocycles. The van der Waals surface area contributed by atoms with E-state index >= 15 is 0 Å². The fourth-order valence-corrected chi connectivity index (χ4v) is 2.43. The highest BCUT2D eigenvalue weighted by atomic mass is 16.4. The minimum absolute atomic E-state index is 0.197. The summed E-state index contributed by atoms with van der Waals surface area (Å²) in [6.45, 7) is 4.44. The van der Waals surface area contributed by atoms with Gasteiger partial charge in [0.05, 0.1) is 11.6 Å². The molecule has 1 N–H and O–H groups in total. The van der Waals surface area contributed by atoms with Gasteiger partial charge in [0.1, 0.15) is 0 Å². The molecule has 17 heavy (non-hydrogen) atoms. The van der Waals surface area contributed by atoms with Crippen molar-refractivity contribution < 1.29 is 9.90 Å². The third-order valence-corrected chi connectivity index (χ3v) is 3.34. The zero-order chi connectivity index (χ0) is 12.4. The molecule has 1 aromatic heterocycles. The smallest absolute Gasteiger partial charge is 0.307 e. The zero-order valence-electron chi connectivity index (χ0n) is 10.4. The molecular weight excluding hydrogens is 218 g/mol. The highest BCUT2D eigenvalue weighted by Crippen LogP contribution is 2.20. The third-order valence-electron chi connectivity index (χ3n) is 3.34. The van der Waals surface area contributed by atoms with Crippen molar-refractivity contribution in [3.63, 3.8) is 0 Å². The van der Waals surface area contributed by atoms with Gasteiger partial charge in [-0.3, -0.25) is 14.4 Å². The van der Waals surface area contributed by atoms with Crippen molar-refractivity contribution in [1.29, 1.82) is 0 Å². The predicted octanol–water partition coefficient (Wildman–Crippen LogP) is 0.889. The van der Waals surface area contributed by atoms with Crippen molar-refractivity contribution in [3.8, 4) is 0 Å². The van der Waals surface area contributed by atoms with Gasteiger partial charge in [-0.15, -0.1) is 0 Å². The third kappa shape index (κ3) is 2.66. The first kappa shape index (κ1) is 12.1. The Hall–Kier alpha value is -1.36. The second kappa shape index (κ2) is 4.87. The van der Waals surface area contributed by atoms with E-state index in [2.05, 4.69) is 16.9 Å². The number of aromatic nitrogens is 2. The van der Waals surface area contributed by atoms with Gasteiger partial charge in [0.2, 0.25) is 0 Å². The summed E-state index contributed by atoms with van der Waals surface area (Å²) >= 11 is 0. The molecule has 0 amide bonds. The standard InChI is InChI=1S/C12H19N3O2/c1-3-11-10(6-14(2)13-11)8-15-5-4-9(7-15)12(16)17/h6,9H,3-5,7-8H2,1-2H3,(H,16,17). The molecule has 0 aromatic carbocycles. The lowest BCUT2D eigenvalue weighted by atomic mass is 10.1. The topological polar surface area (TPSA) is 58.4 Å². The Morgan fingerprint density at radius 3 is 3.00 bits per heavy atom. The van der Waals surface area contributed by atoms with Crippen LogP contribution >= 0.6 is 0 Å². The Morgan fingerprint density at radius 1 is 1.65 bits per heavy atom. The Balaban J connectivity index is 2.00. The zero-order valence-corrected chi connectivity index (χ0v) is 10.4. The van der Waals surface area contributed by atoms with Crippen molar-refractivity contribution in [1.82, 2.24) is 14.7 Å². The molecule has 1 fully saturated rings. The van der Waals surface area contributed by atoms with Gasteiger partial charge in [-0.1, -0.05) is 6.92 Å². The molecule has 2 heterocycles. The van der Waals surface area contributed by atoms with E-state index in [0.29, 0.717) is 6.54 Å². The fourth-order valence-electron chi connectivity index (χ4n) is 2.43. The van der Waals surface area contributed by atoms with E-state index in [0.717, 1.165) is 31.6 Å². The van der Waals surface area contributed by atoms with E-state index in [1.165, 1.54) is 5.56 Å². The maximum atomic E-state index is 10.9. The molecule has 1 saturated heterocycles. The van der Waals surface area contributed by atoms with Crippen LogP contribution in [0, 0.1) is 5.92 Å². The highest BCUT2D eigenvalue weighted by molar-refractivity contribution is 5.70. The Morgan fingerprint density at radius 2 is 2.41 bits per heavy atom. The SMILES string of the molecule is CCc1nn(C)cc1CN1CCC(C(=O)O)C1. The largest absolute Gasteiger partial charge is 0.481 e. The monoisotopic (exact) mass is 237 g/mol. The van der Waals surface area contributed by atoms with Gasteiger partial charge in [-0.2, -0.15) is 5.10 Å². The summed E-state index contributed by atoms with van der Waals surface area (Å²) in [5, 5.41) is 13.4. The molecule has 1 aromatic rings. The van der Waals surface area contributed by atoms with Gasteiger partial charge in [-0.25, -0.2) is 0 Å². The molecular formula is C12H19N3O2. The van der Waals surface area contributed by atoms with Crippen LogP contribution < -0.4 is 0 Å². The molecule has 2 rings (SSSR count). The number of nitrogens with zero attached hydrogens (tertiary/aromatic N) is 3. The van der Waals surface area contributed by atoms with E-state index in [1.807, 2.05) is 17.9 Å². The average Bonchev–Trinajstić information content (AvgIpc) is 2.86. The molecule has 1 aliphatic rings. The summed E-state index contributed by atoms with van der Waals surface area (Å²) in [5.74, 6) is -0.869. The summed E-state index contributed by atoms with van der Waals surface area (Å²) in [4.78, 5) is 13.1. The first-order valence-electron chi connectivity index (χ1n) is 6.06. The number of likely N-dealkylation sites (tertiary alicyclic amines) is 1. The van der Waals surface area contributed by atoms with Gasteiger partial charge >= 0.3 is 5.97 Å². The van der Waals surface area contributed by atoms with E-state index in [4.69, 9.17) is 5.11 Å². The summed E-state index contributed by atoms with van der Waals surface area (Å²) in [6, 6.07) is 0. The van der Waals surface area contributed by atoms with Crippen LogP contribution in [-0.2, 0) is 24.8 Å². The summed E-state index contributed by atoms with van der Waals surface area (Å²) in [6.07, 6.45) is 3.72. The number of carboxylic acids is 1. The van der Waals surface area contributed by atoms with Gasteiger partial charge < -0.3 is 5.11 Å². The van der Waals surface area contributed by atoms with Gasteiger partial charge in [-0.05, 0) is 19.4 Å². The number of aryl methyl sites for hydroxylation is 2.